The topological polar surface area (TPSA) is 72.1 Å². The molecule has 1 aromatic carbocycles. The smallest absolute Gasteiger partial charge is 0.184 e. The van der Waals surface area contributed by atoms with Crippen LogP contribution in [0.25, 0.3) is 0 Å². The summed E-state index contributed by atoms with van der Waals surface area (Å²) in [5.74, 6) is 0.846. The van der Waals surface area contributed by atoms with Crippen LogP contribution >= 0.6 is 12.2 Å². The Hall–Kier alpha value is -1.70. The van der Waals surface area contributed by atoms with Crippen LogP contribution in [0.15, 0.2) is 29.4 Å². The third-order valence-electron chi connectivity index (χ3n) is 3.44. The third-order valence-corrected chi connectivity index (χ3v) is 3.53. The van der Waals surface area contributed by atoms with Gasteiger partial charge in [-0.05, 0) is 55.9 Å². The van der Waals surface area contributed by atoms with Gasteiger partial charge < -0.3 is 15.2 Å². The summed E-state index contributed by atoms with van der Waals surface area (Å²) in [6.07, 6.45) is 2.22. The van der Waals surface area contributed by atoms with Crippen molar-refractivity contribution in [3.63, 3.8) is 0 Å². The van der Waals surface area contributed by atoms with Gasteiger partial charge in [0, 0.05) is 19.6 Å². The summed E-state index contributed by atoms with van der Waals surface area (Å²) in [5.41, 5.74) is 8.75. The Morgan fingerprint density at radius 3 is 2.65 bits per heavy atom. The molecule has 0 aliphatic carbocycles. The van der Waals surface area contributed by atoms with Crippen LogP contribution in [0.3, 0.4) is 0 Å². The molecule has 6 nitrogen and oxygen atoms in total. The number of thiocarbonyl (C=S) groups is 1. The number of nitrogens with zero attached hydrogens (tertiary/aromatic N) is 2. The first kappa shape index (κ1) is 17.7. The summed E-state index contributed by atoms with van der Waals surface area (Å²) < 4.78 is 11.5. The molecule has 0 saturated carbocycles. The third kappa shape index (κ3) is 6.52. The van der Waals surface area contributed by atoms with Crippen molar-refractivity contribution in [2.75, 3.05) is 26.2 Å². The molecule has 1 aliphatic rings. The van der Waals surface area contributed by atoms with Gasteiger partial charge in [-0.25, -0.2) is 0 Å². The van der Waals surface area contributed by atoms with Crippen molar-refractivity contribution in [2.45, 2.75) is 26.1 Å². The summed E-state index contributed by atoms with van der Waals surface area (Å²) >= 11 is 4.67. The summed E-state index contributed by atoms with van der Waals surface area (Å²) in [5, 5.41) is 4.05. The van der Waals surface area contributed by atoms with E-state index in [1.165, 1.54) is 0 Å². The maximum absolute atomic E-state index is 5.79. The average Bonchev–Trinajstić information content (AvgIpc) is 2.47. The Labute approximate surface area is 142 Å². The van der Waals surface area contributed by atoms with Crippen molar-refractivity contribution in [3.8, 4) is 5.75 Å². The Kier molecular flexibility index (Phi) is 6.76. The minimum atomic E-state index is 0.146. The molecule has 2 unspecified atom stereocenters. The second-order valence-corrected chi connectivity index (χ2v) is 6.11. The first-order chi connectivity index (χ1) is 11.0. The second-order valence-electron chi connectivity index (χ2n) is 5.67. The lowest BCUT2D eigenvalue weighted by molar-refractivity contribution is -0.0699. The van der Waals surface area contributed by atoms with Gasteiger partial charge in [-0.15, -0.1) is 0 Å². The quantitative estimate of drug-likeness (QED) is 0.464. The fraction of sp³-hybridized carbons (Fsp3) is 0.500. The van der Waals surface area contributed by atoms with Crippen molar-refractivity contribution in [1.82, 2.24) is 10.3 Å². The fourth-order valence-electron chi connectivity index (χ4n) is 2.58. The number of rotatable bonds is 6. The van der Waals surface area contributed by atoms with Gasteiger partial charge in [0.05, 0.1) is 18.4 Å². The van der Waals surface area contributed by atoms with Crippen LogP contribution in [0.5, 0.6) is 5.75 Å². The van der Waals surface area contributed by atoms with Gasteiger partial charge in [-0.2, -0.15) is 5.10 Å². The maximum Gasteiger partial charge on any atom is 0.184 e. The summed E-state index contributed by atoms with van der Waals surface area (Å²) in [4.78, 5) is 2.38. The van der Waals surface area contributed by atoms with Crippen LogP contribution < -0.4 is 15.9 Å². The normalized spacial score (nSPS) is 22.2. The van der Waals surface area contributed by atoms with Gasteiger partial charge in [-0.3, -0.25) is 10.3 Å². The fourth-order valence-corrected chi connectivity index (χ4v) is 2.63. The van der Waals surface area contributed by atoms with E-state index in [1.807, 2.05) is 24.3 Å². The van der Waals surface area contributed by atoms with E-state index in [-0.39, 0.29) is 17.3 Å². The molecule has 0 radical (unpaired) electrons. The Bertz CT molecular complexity index is 525. The highest BCUT2D eigenvalue weighted by Crippen LogP contribution is 2.13. The number of nitrogens with one attached hydrogen (secondary N) is 1. The van der Waals surface area contributed by atoms with Crippen molar-refractivity contribution < 1.29 is 9.47 Å². The molecule has 0 amide bonds. The van der Waals surface area contributed by atoms with Gasteiger partial charge >= 0.3 is 0 Å². The molecule has 1 heterocycles. The number of benzene rings is 1. The Morgan fingerprint density at radius 2 is 2.04 bits per heavy atom. The van der Waals surface area contributed by atoms with Gasteiger partial charge in [0.25, 0.3) is 0 Å². The first-order valence-electron chi connectivity index (χ1n) is 7.72. The van der Waals surface area contributed by atoms with Gasteiger partial charge in [0.2, 0.25) is 0 Å². The Morgan fingerprint density at radius 1 is 1.39 bits per heavy atom. The molecule has 1 fully saturated rings. The van der Waals surface area contributed by atoms with E-state index in [0.717, 1.165) is 30.9 Å². The zero-order chi connectivity index (χ0) is 16.7. The zero-order valence-corrected chi connectivity index (χ0v) is 14.4. The monoisotopic (exact) mass is 336 g/mol. The van der Waals surface area contributed by atoms with E-state index in [2.05, 4.69) is 41.5 Å². The predicted octanol–water partition coefficient (Wildman–Crippen LogP) is 1.34. The first-order valence-corrected chi connectivity index (χ1v) is 8.13. The van der Waals surface area contributed by atoms with Crippen molar-refractivity contribution in [3.05, 3.63) is 29.8 Å². The van der Waals surface area contributed by atoms with E-state index in [1.54, 1.807) is 6.21 Å². The van der Waals surface area contributed by atoms with Crippen LogP contribution in [0.1, 0.15) is 19.4 Å². The van der Waals surface area contributed by atoms with Crippen molar-refractivity contribution >= 4 is 23.5 Å². The number of morpholine rings is 1. The molecule has 1 aliphatic heterocycles. The molecule has 0 spiro atoms. The summed E-state index contributed by atoms with van der Waals surface area (Å²) in [7, 11) is 0. The van der Waals surface area contributed by atoms with Crippen LogP contribution in [0.2, 0.25) is 0 Å². The molecule has 1 aromatic rings. The lowest BCUT2D eigenvalue weighted by Crippen LogP contribution is -2.46. The highest BCUT2D eigenvalue weighted by Gasteiger charge is 2.21. The molecule has 0 bridgehead atoms. The van der Waals surface area contributed by atoms with Crippen LogP contribution in [0, 0.1) is 0 Å². The lowest BCUT2D eigenvalue weighted by Gasteiger charge is -2.35. The number of hydrogen-bond acceptors (Lipinski definition) is 5. The predicted molar refractivity (Wildman–Crippen MR) is 95.9 cm³/mol. The van der Waals surface area contributed by atoms with Crippen molar-refractivity contribution in [2.24, 2.45) is 10.8 Å². The lowest BCUT2D eigenvalue weighted by atomic mass is 10.2. The van der Waals surface area contributed by atoms with E-state index in [0.29, 0.717) is 6.61 Å². The molecule has 2 atom stereocenters. The molecular weight excluding hydrogens is 312 g/mol. The maximum atomic E-state index is 5.79. The number of nitrogens with two attached hydrogens (primary N) is 1. The molecule has 23 heavy (non-hydrogen) atoms. The molecule has 3 N–H and O–H groups in total. The number of ether oxygens (including phenoxy) is 2. The van der Waals surface area contributed by atoms with E-state index < -0.39 is 0 Å². The van der Waals surface area contributed by atoms with Gasteiger partial charge in [-0.1, -0.05) is 0 Å². The van der Waals surface area contributed by atoms with E-state index in [9.17, 15) is 0 Å². The summed E-state index contributed by atoms with van der Waals surface area (Å²) in [6.45, 7) is 7.69. The van der Waals surface area contributed by atoms with E-state index in [4.69, 9.17) is 15.2 Å². The summed E-state index contributed by atoms with van der Waals surface area (Å²) in [6, 6.07) is 7.71. The standard InChI is InChI=1S/C16H24N4O2S/c1-12-10-20(11-13(2)22-12)7-8-21-15-5-3-14(4-6-15)9-18-19-16(17)23/h3-6,9,12-13H,7-8,10-11H2,1-2H3,(H3,17,19,23). The van der Waals surface area contributed by atoms with Gasteiger partial charge in [0.1, 0.15) is 12.4 Å². The van der Waals surface area contributed by atoms with Gasteiger partial charge in [0.15, 0.2) is 5.11 Å². The minimum Gasteiger partial charge on any atom is -0.492 e. The molecule has 2 rings (SSSR count). The zero-order valence-electron chi connectivity index (χ0n) is 13.6. The largest absolute Gasteiger partial charge is 0.492 e. The number of hydrogen-bond donors (Lipinski definition) is 2. The Balaban J connectivity index is 1.73. The average molecular weight is 336 g/mol. The SMILES string of the molecule is CC1CN(CCOc2ccc(C=NNC(N)=S)cc2)CC(C)O1. The van der Waals surface area contributed by atoms with E-state index >= 15 is 0 Å². The molecule has 0 aromatic heterocycles. The highest BCUT2D eigenvalue weighted by molar-refractivity contribution is 7.80. The molecule has 7 heteroatoms. The van der Waals surface area contributed by atoms with Crippen molar-refractivity contribution in [1.29, 1.82) is 0 Å². The molecule has 126 valence electrons. The van der Waals surface area contributed by atoms with Crippen LogP contribution in [-0.2, 0) is 4.74 Å². The molecule has 1 saturated heterocycles. The van der Waals surface area contributed by atoms with Crippen LogP contribution in [-0.4, -0.2) is 54.7 Å². The second kappa shape index (κ2) is 8.81. The molecular formula is C16H24N4O2S. The number of hydrazone groups is 1. The minimum absolute atomic E-state index is 0.146. The van der Waals surface area contributed by atoms with Crippen LogP contribution in [0.4, 0.5) is 0 Å². The highest BCUT2D eigenvalue weighted by atomic mass is 32.1.